The summed E-state index contributed by atoms with van der Waals surface area (Å²) in [6.45, 7) is 0.543. The molecule has 2 aromatic carbocycles. The molecule has 1 aliphatic carbocycles. The van der Waals surface area contributed by atoms with Crippen LogP contribution in [0.3, 0.4) is 0 Å². The maximum absolute atomic E-state index is 12.7. The van der Waals surface area contributed by atoms with Crippen molar-refractivity contribution in [3.63, 3.8) is 0 Å². The van der Waals surface area contributed by atoms with Crippen LogP contribution in [0.2, 0.25) is 0 Å². The standard InChI is InChI=1S/C19H21NO3S/c21-20-19(24(22)18-9-5-2-6-10-18)16-11-12-17(13-16)23-14-15-7-3-1-4-8-15/h1-12,16-17,19-21H,13-14H2. The predicted molar refractivity (Wildman–Crippen MR) is 93.8 cm³/mol. The summed E-state index contributed by atoms with van der Waals surface area (Å²) < 4.78 is 18.6. The van der Waals surface area contributed by atoms with Crippen molar-refractivity contribution >= 4 is 11.2 Å². The lowest BCUT2D eigenvalue weighted by molar-refractivity contribution is 0.0598. The van der Waals surface area contributed by atoms with Gasteiger partial charge in [0.05, 0.1) is 12.7 Å². The second-order valence-electron chi connectivity index (χ2n) is 5.78. The molecule has 2 aromatic rings. The van der Waals surface area contributed by atoms with E-state index >= 15 is 0 Å². The van der Waals surface area contributed by atoms with Crippen molar-refractivity contribution in [3.8, 4) is 0 Å². The zero-order chi connectivity index (χ0) is 16.8. The smallest absolute Gasteiger partial charge is 0.199 e. The van der Waals surface area contributed by atoms with Gasteiger partial charge in [0.2, 0.25) is 0 Å². The van der Waals surface area contributed by atoms with Crippen LogP contribution in [0.5, 0.6) is 0 Å². The van der Waals surface area contributed by atoms with Gasteiger partial charge in [-0.05, 0) is 24.1 Å². The average Bonchev–Trinajstić information content (AvgIpc) is 3.11. The molecule has 0 saturated carbocycles. The van der Waals surface area contributed by atoms with Crippen molar-refractivity contribution in [2.75, 3.05) is 0 Å². The van der Waals surface area contributed by atoms with E-state index < -0.39 is 16.5 Å². The fraction of sp³-hybridized carbons (Fsp3) is 0.263. The van der Waals surface area contributed by atoms with Crippen LogP contribution in [0.4, 0.5) is 0 Å². The van der Waals surface area contributed by atoms with Gasteiger partial charge in [0, 0.05) is 17.1 Å². The van der Waals surface area contributed by atoms with Gasteiger partial charge in [0.1, 0.15) is 0 Å². The Hall–Kier alpha value is -1.63. The van der Waals surface area contributed by atoms with Gasteiger partial charge in [-0.1, -0.05) is 60.7 Å². The highest BCUT2D eigenvalue weighted by molar-refractivity contribution is 7.92. The molecule has 0 spiro atoms. The molecule has 4 unspecified atom stereocenters. The Morgan fingerprint density at radius 3 is 2.42 bits per heavy atom. The molecule has 126 valence electrons. The Labute approximate surface area is 145 Å². The molecule has 0 bridgehead atoms. The van der Waals surface area contributed by atoms with Crippen LogP contribution in [0.25, 0.3) is 0 Å². The summed E-state index contributed by atoms with van der Waals surface area (Å²) in [6, 6.07) is 19.2. The monoisotopic (exact) mass is 343 g/mol. The van der Waals surface area contributed by atoms with Gasteiger partial charge in [-0.15, -0.1) is 0 Å². The highest BCUT2D eigenvalue weighted by atomic mass is 32.2. The molecule has 1 aliphatic rings. The molecule has 4 nitrogen and oxygen atoms in total. The highest BCUT2D eigenvalue weighted by Crippen LogP contribution is 2.29. The number of nitrogens with one attached hydrogen (secondary N) is 1. The topological polar surface area (TPSA) is 64.5 Å². The third-order valence-electron chi connectivity index (χ3n) is 4.11. The normalized spacial score (nSPS) is 22.4. The fourth-order valence-corrected chi connectivity index (χ4v) is 4.15. The minimum Gasteiger partial charge on any atom is -0.610 e. The van der Waals surface area contributed by atoms with Crippen LogP contribution < -0.4 is 5.48 Å². The summed E-state index contributed by atoms with van der Waals surface area (Å²) in [6.07, 6.45) is 4.63. The number of ether oxygens (including phenoxy) is 1. The van der Waals surface area contributed by atoms with Gasteiger partial charge in [-0.3, -0.25) is 0 Å². The Morgan fingerprint density at radius 2 is 1.75 bits per heavy atom. The molecule has 0 heterocycles. The molecule has 24 heavy (non-hydrogen) atoms. The number of hydroxylamine groups is 1. The number of hydrogen-bond donors (Lipinski definition) is 2. The number of hydrogen-bond acceptors (Lipinski definition) is 4. The van der Waals surface area contributed by atoms with Crippen molar-refractivity contribution < 1.29 is 14.5 Å². The second-order valence-corrected chi connectivity index (χ2v) is 7.35. The first-order valence-corrected chi connectivity index (χ1v) is 9.18. The van der Waals surface area contributed by atoms with E-state index in [2.05, 4.69) is 5.48 Å². The molecule has 0 aliphatic heterocycles. The van der Waals surface area contributed by atoms with E-state index in [1.54, 1.807) is 0 Å². The van der Waals surface area contributed by atoms with Crippen molar-refractivity contribution in [3.05, 3.63) is 78.4 Å². The Balaban J connectivity index is 1.56. The molecule has 0 radical (unpaired) electrons. The van der Waals surface area contributed by atoms with Crippen LogP contribution in [-0.2, 0) is 22.5 Å². The van der Waals surface area contributed by atoms with Crippen molar-refractivity contribution in [2.24, 2.45) is 5.92 Å². The summed E-state index contributed by atoms with van der Waals surface area (Å²) in [5.41, 5.74) is 3.35. The van der Waals surface area contributed by atoms with Gasteiger partial charge in [0.15, 0.2) is 10.3 Å². The van der Waals surface area contributed by atoms with Crippen LogP contribution >= 0.6 is 0 Å². The zero-order valence-corrected chi connectivity index (χ0v) is 14.1. The van der Waals surface area contributed by atoms with E-state index in [1.807, 2.05) is 72.8 Å². The maximum atomic E-state index is 12.7. The van der Waals surface area contributed by atoms with E-state index in [-0.39, 0.29) is 12.0 Å². The first-order chi connectivity index (χ1) is 11.8. The van der Waals surface area contributed by atoms with Gasteiger partial charge in [-0.25, -0.2) is 0 Å². The largest absolute Gasteiger partial charge is 0.610 e. The summed E-state index contributed by atoms with van der Waals surface area (Å²) in [5.74, 6) is -0.0446. The van der Waals surface area contributed by atoms with Gasteiger partial charge < -0.3 is 14.5 Å². The molecular formula is C19H21NO3S. The lowest BCUT2D eigenvalue weighted by Gasteiger charge is -2.24. The maximum Gasteiger partial charge on any atom is 0.199 e. The number of benzene rings is 2. The minimum absolute atomic E-state index is 0.0289. The Morgan fingerprint density at radius 1 is 1.08 bits per heavy atom. The molecule has 2 N–H and O–H groups in total. The molecule has 4 atom stereocenters. The predicted octanol–water partition coefficient (Wildman–Crippen LogP) is 3.26. The number of rotatable bonds is 7. The lowest BCUT2D eigenvalue weighted by Crippen LogP contribution is -2.40. The fourth-order valence-electron chi connectivity index (χ4n) is 2.82. The van der Waals surface area contributed by atoms with Crippen molar-refractivity contribution in [1.29, 1.82) is 0 Å². The van der Waals surface area contributed by atoms with Crippen LogP contribution in [-0.4, -0.2) is 21.2 Å². The third kappa shape index (κ3) is 4.26. The summed E-state index contributed by atoms with van der Waals surface area (Å²) in [7, 11) is 0. The van der Waals surface area contributed by atoms with Crippen molar-refractivity contribution in [2.45, 2.75) is 29.4 Å². The van der Waals surface area contributed by atoms with E-state index in [4.69, 9.17) is 4.74 Å². The van der Waals surface area contributed by atoms with Gasteiger partial charge in [0.25, 0.3) is 0 Å². The average molecular weight is 343 g/mol. The SMILES string of the molecule is [O-][S+](c1ccccc1)C(NO)C1C=CC(OCc2ccccc2)C1. The molecule has 3 rings (SSSR count). The second kappa shape index (κ2) is 8.46. The van der Waals surface area contributed by atoms with Gasteiger partial charge >= 0.3 is 0 Å². The Bertz CT molecular complexity index is 650. The van der Waals surface area contributed by atoms with Crippen LogP contribution in [0.15, 0.2) is 77.7 Å². The Kier molecular flexibility index (Phi) is 6.07. The first-order valence-electron chi connectivity index (χ1n) is 7.97. The summed E-state index contributed by atoms with van der Waals surface area (Å²) in [4.78, 5) is 0.700. The van der Waals surface area contributed by atoms with Crippen molar-refractivity contribution in [1.82, 2.24) is 5.48 Å². The molecule has 0 fully saturated rings. The van der Waals surface area contributed by atoms with E-state index in [0.29, 0.717) is 17.9 Å². The summed E-state index contributed by atoms with van der Waals surface area (Å²) >= 11 is -1.33. The summed E-state index contributed by atoms with van der Waals surface area (Å²) in [5, 5.41) is 8.95. The van der Waals surface area contributed by atoms with Crippen LogP contribution in [0.1, 0.15) is 12.0 Å². The first kappa shape index (κ1) is 17.2. The van der Waals surface area contributed by atoms with Gasteiger partial charge in [-0.2, -0.15) is 5.48 Å². The quantitative estimate of drug-likeness (QED) is 0.460. The molecule has 0 aromatic heterocycles. The lowest BCUT2D eigenvalue weighted by atomic mass is 10.1. The molecule has 0 amide bonds. The highest BCUT2D eigenvalue weighted by Gasteiger charge is 2.35. The van der Waals surface area contributed by atoms with E-state index in [1.165, 1.54) is 0 Å². The molecular weight excluding hydrogens is 322 g/mol. The third-order valence-corrected chi connectivity index (χ3v) is 5.76. The molecule has 5 heteroatoms. The van der Waals surface area contributed by atoms with Crippen LogP contribution in [0, 0.1) is 5.92 Å². The van der Waals surface area contributed by atoms with E-state index in [0.717, 1.165) is 5.56 Å². The zero-order valence-electron chi connectivity index (χ0n) is 13.2. The minimum atomic E-state index is -1.33. The molecule has 0 saturated heterocycles. The van der Waals surface area contributed by atoms with E-state index in [9.17, 15) is 9.76 Å².